The number of carbonyl (C=O) groups excluding carboxylic acids is 1. The maximum Gasteiger partial charge on any atom is 0.251 e. The van der Waals surface area contributed by atoms with Gasteiger partial charge in [0.2, 0.25) is 0 Å². The van der Waals surface area contributed by atoms with Crippen molar-refractivity contribution >= 4 is 47.2 Å². The number of hydrogen-bond donors (Lipinski definition) is 3. The first-order valence-electron chi connectivity index (χ1n) is 8.99. The molecule has 148 valence electrons. The van der Waals surface area contributed by atoms with Crippen molar-refractivity contribution < 1.29 is 4.79 Å². The van der Waals surface area contributed by atoms with Gasteiger partial charge in [-0.1, -0.05) is 31.2 Å². The van der Waals surface area contributed by atoms with Crippen LogP contribution in [-0.4, -0.2) is 38.5 Å². The zero-order chi connectivity index (χ0) is 18.6. The van der Waals surface area contributed by atoms with E-state index in [1.165, 1.54) is 4.88 Å². The summed E-state index contributed by atoms with van der Waals surface area (Å²) in [5, 5.41) is 11.7. The van der Waals surface area contributed by atoms with Crippen LogP contribution in [0.15, 0.2) is 52.8 Å². The van der Waals surface area contributed by atoms with Gasteiger partial charge in [0.15, 0.2) is 5.96 Å². The minimum atomic E-state index is -0.0319. The van der Waals surface area contributed by atoms with Gasteiger partial charge in [0, 0.05) is 37.1 Å². The van der Waals surface area contributed by atoms with Crippen LogP contribution in [0.25, 0.3) is 0 Å². The summed E-state index contributed by atoms with van der Waals surface area (Å²) in [7, 11) is 1.77. The van der Waals surface area contributed by atoms with Crippen LogP contribution in [0.4, 0.5) is 0 Å². The van der Waals surface area contributed by atoms with Crippen molar-refractivity contribution in [3.05, 3.63) is 58.3 Å². The third-order valence-electron chi connectivity index (χ3n) is 3.94. The zero-order valence-corrected chi connectivity index (χ0v) is 19.1. The lowest BCUT2D eigenvalue weighted by molar-refractivity contribution is 0.0953. The van der Waals surface area contributed by atoms with Crippen LogP contribution in [0.5, 0.6) is 0 Å². The summed E-state index contributed by atoms with van der Waals surface area (Å²) < 4.78 is 0. The van der Waals surface area contributed by atoms with Gasteiger partial charge in [0.1, 0.15) is 0 Å². The molecule has 3 N–H and O–H groups in total. The molecule has 5 nitrogen and oxygen atoms in total. The maximum atomic E-state index is 11.9. The van der Waals surface area contributed by atoms with Crippen molar-refractivity contribution in [3.63, 3.8) is 0 Å². The van der Waals surface area contributed by atoms with Gasteiger partial charge < -0.3 is 16.0 Å². The van der Waals surface area contributed by atoms with Crippen LogP contribution in [-0.2, 0) is 6.42 Å². The smallest absolute Gasteiger partial charge is 0.251 e. The Morgan fingerprint density at radius 3 is 2.48 bits per heavy atom. The number of nitrogens with zero attached hydrogens (tertiary/aromatic N) is 1. The fourth-order valence-corrected chi connectivity index (χ4v) is 3.39. The van der Waals surface area contributed by atoms with Crippen LogP contribution in [0.2, 0.25) is 0 Å². The normalized spacial score (nSPS) is 12.0. The van der Waals surface area contributed by atoms with E-state index in [0.717, 1.165) is 31.9 Å². The Morgan fingerprint density at radius 2 is 1.81 bits per heavy atom. The van der Waals surface area contributed by atoms with Gasteiger partial charge in [-0.25, -0.2) is 0 Å². The Morgan fingerprint density at radius 1 is 1.07 bits per heavy atom. The second kappa shape index (κ2) is 13.5. The molecule has 0 spiro atoms. The Kier molecular flexibility index (Phi) is 11.8. The molecular weight excluding hydrogens is 471 g/mol. The van der Waals surface area contributed by atoms with E-state index in [4.69, 9.17) is 0 Å². The van der Waals surface area contributed by atoms with Crippen molar-refractivity contribution in [2.75, 3.05) is 26.7 Å². The van der Waals surface area contributed by atoms with Gasteiger partial charge in [-0.3, -0.25) is 9.79 Å². The number of nitrogens with one attached hydrogen (secondary N) is 3. The highest BCUT2D eigenvalue weighted by Gasteiger charge is 2.06. The fraction of sp³-hybridized carbons (Fsp3) is 0.400. The highest BCUT2D eigenvalue weighted by Crippen LogP contribution is 2.13. The molecule has 1 heterocycles. The first-order chi connectivity index (χ1) is 12.7. The SMILES string of the molecule is CN=C(NCCCNC(=O)c1ccccc1)NCC(C)Cc1cccs1.I. The van der Waals surface area contributed by atoms with E-state index in [2.05, 4.69) is 45.4 Å². The second-order valence-corrected chi connectivity index (χ2v) is 7.28. The summed E-state index contributed by atoms with van der Waals surface area (Å²) in [5.74, 6) is 1.31. The third kappa shape index (κ3) is 9.23. The summed E-state index contributed by atoms with van der Waals surface area (Å²) >= 11 is 1.80. The molecule has 7 heteroatoms. The Labute approximate surface area is 183 Å². The minimum absolute atomic E-state index is 0. The quantitative estimate of drug-likeness (QED) is 0.214. The molecule has 0 radical (unpaired) electrons. The number of guanidine groups is 1. The Bertz CT molecular complexity index is 677. The molecule has 0 saturated carbocycles. The van der Waals surface area contributed by atoms with Gasteiger partial charge in [-0.05, 0) is 42.3 Å². The molecule has 0 aliphatic rings. The Balaban J connectivity index is 0.00000364. The molecular formula is C20H29IN4OS. The summed E-state index contributed by atoms with van der Waals surface area (Å²) in [5.41, 5.74) is 0.692. The molecule has 1 aromatic carbocycles. The van der Waals surface area contributed by atoms with Gasteiger partial charge >= 0.3 is 0 Å². The van der Waals surface area contributed by atoms with Crippen molar-refractivity contribution in [1.29, 1.82) is 0 Å². The number of rotatable bonds is 9. The van der Waals surface area contributed by atoms with Crippen molar-refractivity contribution in [2.24, 2.45) is 10.9 Å². The number of halogens is 1. The summed E-state index contributed by atoms with van der Waals surface area (Å²) in [6.45, 7) is 4.50. The van der Waals surface area contributed by atoms with Crippen molar-refractivity contribution in [1.82, 2.24) is 16.0 Å². The predicted molar refractivity (Wildman–Crippen MR) is 125 cm³/mol. The summed E-state index contributed by atoms with van der Waals surface area (Å²) in [4.78, 5) is 17.6. The van der Waals surface area contributed by atoms with Crippen LogP contribution < -0.4 is 16.0 Å². The summed E-state index contributed by atoms with van der Waals surface area (Å²) in [6, 6.07) is 13.5. The summed E-state index contributed by atoms with van der Waals surface area (Å²) in [6.07, 6.45) is 1.91. The third-order valence-corrected chi connectivity index (χ3v) is 4.84. The molecule has 0 saturated heterocycles. The Hall–Kier alpha value is -1.61. The number of thiophene rings is 1. The lowest BCUT2D eigenvalue weighted by Crippen LogP contribution is -2.40. The second-order valence-electron chi connectivity index (χ2n) is 6.24. The van der Waals surface area contributed by atoms with Gasteiger partial charge in [-0.2, -0.15) is 0 Å². The lowest BCUT2D eigenvalue weighted by Gasteiger charge is -2.15. The van der Waals surface area contributed by atoms with E-state index in [1.54, 1.807) is 18.4 Å². The highest BCUT2D eigenvalue weighted by molar-refractivity contribution is 14.0. The largest absolute Gasteiger partial charge is 0.356 e. The van der Waals surface area contributed by atoms with Gasteiger partial charge in [0.05, 0.1) is 0 Å². The monoisotopic (exact) mass is 500 g/mol. The first-order valence-corrected chi connectivity index (χ1v) is 9.87. The van der Waals surface area contributed by atoms with Crippen molar-refractivity contribution in [3.8, 4) is 0 Å². The highest BCUT2D eigenvalue weighted by atomic mass is 127. The molecule has 0 bridgehead atoms. The van der Waals surface area contributed by atoms with E-state index >= 15 is 0 Å². The van der Waals surface area contributed by atoms with Crippen molar-refractivity contribution in [2.45, 2.75) is 19.8 Å². The molecule has 1 atom stereocenters. The van der Waals surface area contributed by atoms with E-state index in [0.29, 0.717) is 18.0 Å². The van der Waals surface area contributed by atoms with Crippen LogP contribution in [0.3, 0.4) is 0 Å². The number of benzene rings is 1. The van der Waals surface area contributed by atoms with Crippen LogP contribution >= 0.6 is 35.3 Å². The molecule has 1 unspecified atom stereocenters. The van der Waals surface area contributed by atoms with E-state index in [-0.39, 0.29) is 29.9 Å². The average Bonchev–Trinajstić information content (AvgIpc) is 3.17. The first kappa shape index (κ1) is 23.4. The molecule has 1 amide bonds. The number of hydrogen-bond acceptors (Lipinski definition) is 3. The topological polar surface area (TPSA) is 65.5 Å². The standard InChI is InChI=1S/C20H28N4OS.HI/c1-16(14-18-10-6-13-26-18)15-24-20(21-2)23-12-7-11-22-19(25)17-8-4-3-5-9-17;/h3-6,8-10,13,16H,7,11-12,14-15H2,1-2H3,(H,22,25)(H2,21,23,24);1H. The average molecular weight is 500 g/mol. The fourth-order valence-electron chi connectivity index (χ4n) is 2.52. The predicted octanol–water partition coefficient (Wildman–Crippen LogP) is 3.53. The number of aliphatic imine (C=N–C) groups is 1. The molecule has 2 rings (SSSR count). The van der Waals surface area contributed by atoms with E-state index < -0.39 is 0 Å². The molecule has 1 aromatic heterocycles. The van der Waals surface area contributed by atoms with E-state index in [1.807, 2.05) is 30.3 Å². The molecule has 0 fully saturated rings. The zero-order valence-electron chi connectivity index (χ0n) is 15.9. The van der Waals surface area contributed by atoms with E-state index in [9.17, 15) is 4.79 Å². The van der Waals surface area contributed by atoms with Gasteiger partial charge in [0.25, 0.3) is 5.91 Å². The molecule has 0 aliphatic carbocycles. The minimum Gasteiger partial charge on any atom is -0.356 e. The van der Waals surface area contributed by atoms with Crippen LogP contribution in [0, 0.1) is 5.92 Å². The van der Waals surface area contributed by atoms with Crippen LogP contribution in [0.1, 0.15) is 28.6 Å². The maximum absolute atomic E-state index is 11.9. The lowest BCUT2D eigenvalue weighted by atomic mass is 10.1. The number of carbonyl (C=O) groups is 1. The van der Waals surface area contributed by atoms with Gasteiger partial charge in [-0.15, -0.1) is 35.3 Å². The molecule has 0 aliphatic heterocycles. The molecule has 27 heavy (non-hydrogen) atoms. The molecule has 2 aromatic rings. The number of amides is 1.